The van der Waals surface area contributed by atoms with Crippen molar-refractivity contribution in [2.24, 2.45) is 5.92 Å². The molecule has 41 heavy (non-hydrogen) atoms. The average molecular weight is 580 g/mol. The van der Waals surface area contributed by atoms with Crippen LogP contribution in [0.3, 0.4) is 0 Å². The zero-order valence-electron chi connectivity index (χ0n) is 22.1. The Balaban J connectivity index is 1.25. The molecule has 0 aromatic heterocycles. The quantitative estimate of drug-likeness (QED) is 0.122. The van der Waals surface area contributed by atoms with E-state index in [0.29, 0.717) is 24.1 Å². The number of halogens is 6. The first-order valence-corrected chi connectivity index (χ1v) is 13.4. The monoisotopic (exact) mass is 579 g/mol. The van der Waals surface area contributed by atoms with Gasteiger partial charge < -0.3 is 14.0 Å². The highest BCUT2D eigenvalue weighted by atomic mass is 19.2. The van der Waals surface area contributed by atoms with Crippen LogP contribution < -0.4 is 9.64 Å². The molecule has 0 radical (unpaired) electrons. The fraction of sp³-hybridized carbons (Fsp3) is 0.367. The summed E-state index contributed by atoms with van der Waals surface area (Å²) in [5.41, 5.74) is 0.0979. The number of carbonyl (C=O) groups excluding carboxylic acids is 1. The average Bonchev–Trinajstić information content (AvgIpc) is 2.95. The van der Waals surface area contributed by atoms with Crippen LogP contribution in [0.15, 0.2) is 54.6 Å². The molecule has 2 bridgehead atoms. The molecule has 3 aliphatic rings. The van der Waals surface area contributed by atoms with Crippen LogP contribution in [0.5, 0.6) is 5.75 Å². The number of rotatable bonds is 9. The highest BCUT2D eigenvalue weighted by molar-refractivity contribution is 5.87. The molecule has 0 saturated carbocycles. The number of nitrogens with zero attached hydrogens (tertiary/aromatic N) is 2. The first-order chi connectivity index (χ1) is 19.6. The van der Waals surface area contributed by atoms with Gasteiger partial charge in [-0.15, -0.1) is 0 Å². The van der Waals surface area contributed by atoms with Crippen molar-refractivity contribution in [3.8, 4) is 5.75 Å². The first-order valence-electron chi connectivity index (χ1n) is 13.4. The van der Waals surface area contributed by atoms with E-state index in [1.54, 1.807) is 0 Å². The maximum atomic E-state index is 14.0. The van der Waals surface area contributed by atoms with E-state index in [9.17, 15) is 31.1 Å². The molecule has 3 heterocycles. The molecule has 3 saturated heterocycles. The molecule has 0 aliphatic carbocycles. The summed E-state index contributed by atoms with van der Waals surface area (Å²) in [5.74, 6) is -6.58. The second-order valence-corrected chi connectivity index (χ2v) is 10.7. The Morgan fingerprint density at radius 2 is 1.61 bits per heavy atom. The van der Waals surface area contributed by atoms with Gasteiger partial charge in [0, 0.05) is 31.2 Å². The van der Waals surface area contributed by atoms with Gasteiger partial charge in [-0.3, -0.25) is 4.90 Å². The molecule has 3 fully saturated rings. The molecular formula is C30H29F6N2O3+. The van der Waals surface area contributed by atoms with Crippen LogP contribution in [0.1, 0.15) is 24.8 Å². The van der Waals surface area contributed by atoms with Gasteiger partial charge in [0.1, 0.15) is 18.1 Å². The molecule has 6 rings (SSSR count). The Morgan fingerprint density at radius 1 is 0.878 bits per heavy atom. The maximum absolute atomic E-state index is 14.0. The molecule has 1 atom stereocenters. The minimum atomic E-state index is -1.62. The van der Waals surface area contributed by atoms with E-state index >= 15 is 0 Å². The number of hydrogen-bond donors (Lipinski definition) is 0. The Kier molecular flexibility index (Phi) is 8.44. The van der Waals surface area contributed by atoms with E-state index in [1.807, 2.05) is 0 Å². The van der Waals surface area contributed by atoms with Gasteiger partial charge in [-0.05, 0) is 48.0 Å². The van der Waals surface area contributed by atoms with Crippen LogP contribution in [0.25, 0.3) is 0 Å². The number of anilines is 1. The van der Waals surface area contributed by atoms with Crippen molar-refractivity contribution in [2.45, 2.75) is 31.9 Å². The fourth-order valence-corrected chi connectivity index (χ4v) is 5.81. The van der Waals surface area contributed by atoms with Crippen LogP contribution >= 0.6 is 0 Å². The summed E-state index contributed by atoms with van der Waals surface area (Å²) in [4.78, 5) is 14.5. The predicted octanol–water partition coefficient (Wildman–Crippen LogP) is 6.74. The lowest BCUT2D eigenvalue weighted by Crippen LogP contribution is -2.65. The maximum Gasteiger partial charge on any atom is 0.415 e. The van der Waals surface area contributed by atoms with Crippen LogP contribution in [0, 0.1) is 40.8 Å². The van der Waals surface area contributed by atoms with Crippen molar-refractivity contribution >= 4 is 11.8 Å². The van der Waals surface area contributed by atoms with E-state index in [0.717, 1.165) is 67.7 Å². The van der Waals surface area contributed by atoms with E-state index in [4.69, 9.17) is 9.47 Å². The van der Waals surface area contributed by atoms with Gasteiger partial charge >= 0.3 is 6.09 Å². The first kappa shape index (κ1) is 28.8. The molecule has 3 aliphatic heterocycles. The fourth-order valence-electron chi connectivity index (χ4n) is 5.81. The normalized spacial score (nSPS) is 21.5. The van der Waals surface area contributed by atoms with E-state index < -0.39 is 47.1 Å². The smallest absolute Gasteiger partial charge is 0.415 e. The number of hydrogen-bond acceptors (Lipinski definition) is 3. The van der Waals surface area contributed by atoms with Crippen LogP contribution in [0.4, 0.5) is 36.8 Å². The number of quaternary nitrogens is 1. The number of piperidine rings is 3. The highest BCUT2D eigenvalue weighted by Gasteiger charge is 2.47. The summed E-state index contributed by atoms with van der Waals surface area (Å²) in [6.07, 6.45) is 1.06. The summed E-state index contributed by atoms with van der Waals surface area (Å²) >= 11 is 0. The second kappa shape index (κ2) is 12.0. The van der Waals surface area contributed by atoms with Crippen molar-refractivity contribution in [3.63, 3.8) is 0 Å². The minimum absolute atomic E-state index is 0.0268. The summed E-state index contributed by atoms with van der Waals surface area (Å²) in [7, 11) is 0. The molecule has 0 unspecified atom stereocenters. The lowest BCUT2D eigenvalue weighted by Gasteiger charge is -2.52. The van der Waals surface area contributed by atoms with E-state index in [-0.39, 0.29) is 29.5 Å². The lowest BCUT2D eigenvalue weighted by atomic mass is 9.83. The van der Waals surface area contributed by atoms with Crippen LogP contribution in [-0.2, 0) is 11.3 Å². The molecule has 0 spiro atoms. The zero-order chi connectivity index (χ0) is 29.1. The van der Waals surface area contributed by atoms with Gasteiger partial charge in [0.15, 0.2) is 35.2 Å². The van der Waals surface area contributed by atoms with Gasteiger partial charge in [0.25, 0.3) is 0 Å². The second-order valence-electron chi connectivity index (χ2n) is 10.7. The van der Waals surface area contributed by atoms with Crippen molar-refractivity contribution < 1.29 is 45.1 Å². The largest absolute Gasteiger partial charge is 0.493 e. The molecule has 5 nitrogen and oxygen atoms in total. The topological polar surface area (TPSA) is 38.8 Å². The van der Waals surface area contributed by atoms with Gasteiger partial charge in [-0.2, -0.15) is 0 Å². The van der Waals surface area contributed by atoms with Gasteiger partial charge in [-0.1, -0.05) is 6.07 Å². The Hall–Kier alpha value is -3.73. The number of fused-ring (bicyclic) bond motifs is 3. The molecule has 3 aromatic rings. The number of ether oxygens (including phenoxy) is 2. The summed E-state index contributed by atoms with van der Waals surface area (Å²) in [6.45, 7) is 3.01. The molecule has 3 aromatic carbocycles. The van der Waals surface area contributed by atoms with Crippen molar-refractivity contribution in [1.29, 1.82) is 0 Å². The van der Waals surface area contributed by atoms with Crippen molar-refractivity contribution in [3.05, 3.63) is 95.1 Å². The number of benzene rings is 3. The number of carbonyl (C=O) groups is 1. The van der Waals surface area contributed by atoms with Gasteiger partial charge in [-0.25, -0.2) is 31.1 Å². The zero-order valence-corrected chi connectivity index (χ0v) is 22.1. The van der Waals surface area contributed by atoms with E-state index in [1.165, 1.54) is 24.3 Å². The molecule has 11 heteroatoms. The standard InChI is InChI=1S/C30H29F6N2O3/c31-21-3-1-4-22(15-21)37(17-19-13-26(34)29(36)27(35)14-19)30(39)41-28-18-38(10-7-20(28)8-11-38)9-2-12-40-23-5-6-24(32)25(33)16-23/h1,3-6,13-16,20,28H,2,7-12,17-18H2/q+1/t20?,28-,38?/m0/s1. The summed E-state index contributed by atoms with van der Waals surface area (Å²) in [6, 6.07) is 10.1. The van der Waals surface area contributed by atoms with Crippen molar-refractivity contribution in [1.82, 2.24) is 0 Å². The third-order valence-electron chi connectivity index (χ3n) is 7.95. The highest BCUT2D eigenvalue weighted by Crippen LogP contribution is 2.36. The SMILES string of the molecule is O=C(O[C@H]1C[N+]2(CCCOc3ccc(F)c(F)c3)CCC1CC2)N(Cc1cc(F)c(F)c(F)c1)c1cccc(F)c1. The lowest BCUT2D eigenvalue weighted by molar-refractivity contribution is -0.946. The number of amides is 1. The third kappa shape index (κ3) is 6.61. The molecule has 218 valence electrons. The third-order valence-corrected chi connectivity index (χ3v) is 7.95. The molecule has 1 amide bonds. The van der Waals surface area contributed by atoms with Crippen LogP contribution in [-0.4, -0.2) is 49.5 Å². The van der Waals surface area contributed by atoms with E-state index in [2.05, 4.69) is 0 Å². The van der Waals surface area contributed by atoms with Crippen LogP contribution in [0.2, 0.25) is 0 Å². The summed E-state index contributed by atoms with van der Waals surface area (Å²) in [5, 5.41) is 0. The molecule has 0 N–H and O–H groups in total. The predicted molar refractivity (Wildman–Crippen MR) is 138 cm³/mol. The van der Waals surface area contributed by atoms with Gasteiger partial charge in [0.2, 0.25) is 0 Å². The summed E-state index contributed by atoms with van der Waals surface area (Å²) < 4.78 is 94.1. The minimum Gasteiger partial charge on any atom is -0.493 e. The van der Waals surface area contributed by atoms with Gasteiger partial charge in [0.05, 0.1) is 38.5 Å². The Bertz CT molecular complexity index is 1390. The molecular weight excluding hydrogens is 550 g/mol. The van der Waals surface area contributed by atoms with Crippen molar-refractivity contribution in [2.75, 3.05) is 37.7 Å². The Morgan fingerprint density at radius 3 is 2.29 bits per heavy atom. The Labute approximate surface area is 233 Å².